The molecule has 0 spiro atoms. The number of nitrogens with zero attached hydrogens (tertiary/aromatic N) is 1. The summed E-state index contributed by atoms with van der Waals surface area (Å²) in [4.78, 5) is 38.8. The van der Waals surface area contributed by atoms with Crippen LogP contribution in [-0.4, -0.2) is 55.5 Å². The lowest BCUT2D eigenvalue weighted by Gasteiger charge is -2.39. The van der Waals surface area contributed by atoms with Crippen LogP contribution in [0.1, 0.15) is 50.4 Å². The second-order valence-electron chi connectivity index (χ2n) is 7.97. The van der Waals surface area contributed by atoms with Gasteiger partial charge in [0.25, 0.3) is 11.8 Å². The number of amides is 3. The van der Waals surface area contributed by atoms with Gasteiger partial charge in [0.15, 0.2) is 5.60 Å². The minimum Gasteiger partial charge on any atom is -0.476 e. The second-order valence-corrected chi connectivity index (χ2v) is 7.97. The van der Waals surface area contributed by atoms with Gasteiger partial charge in [0, 0.05) is 37.7 Å². The van der Waals surface area contributed by atoms with Gasteiger partial charge in [0.2, 0.25) is 5.91 Å². The summed E-state index contributed by atoms with van der Waals surface area (Å²) >= 11 is 0. The lowest BCUT2D eigenvalue weighted by atomic mass is 10.0. The van der Waals surface area contributed by atoms with Crippen LogP contribution in [0.3, 0.4) is 0 Å². The molecular weight excluding hydrogens is 372 g/mol. The number of carbonyl (C=O) groups excluding carboxylic acids is 3. The summed E-state index contributed by atoms with van der Waals surface area (Å²) in [6, 6.07) is 5.24. The molecule has 2 aliphatic heterocycles. The molecule has 2 aliphatic rings. The highest BCUT2D eigenvalue weighted by molar-refractivity contribution is 6.04. The van der Waals surface area contributed by atoms with E-state index in [2.05, 4.69) is 16.0 Å². The van der Waals surface area contributed by atoms with Crippen LogP contribution in [0.4, 0.5) is 5.69 Å². The van der Waals surface area contributed by atoms with E-state index in [0.29, 0.717) is 36.5 Å². The Hall–Kier alpha value is -2.61. The van der Waals surface area contributed by atoms with Crippen molar-refractivity contribution in [3.63, 3.8) is 0 Å². The van der Waals surface area contributed by atoms with Gasteiger partial charge in [-0.1, -0.05) is 6.92 Å². The van der Waals surface area contributed by atoms with E-state index in [-0.39, 0.29) is 23.8 Å². The largest absolute Gasteiger partial charge is 0.476 e. The number of benzene rings is 1. The number of anilines is 1. The van der Waals surface area contributed by atoms with Gasteiger partial charge in [0.1, 0.15) is 5.75 Å². The van der Waals surface area contributed by atoms with Crippen molar-refractivity contribution in [2.24, 2.45) is 0 Å². The number of rotatable bonds is 6. The zero-order chi connectivity index (χ0) is 21.0. The smallest absolute Gasteiger partial charge is 0.270 e. The predicted octanol–water partition coefficient (Wildman–Crippen LogP) is 1.20. The van der Waals surface area contributed by atoms with Gasteiger partial charge in [-0.05, 0) is 51.4 Å². The minimum absolute atomic E-state index is 0.0700. The van der Waals surface area contributed by atoms with E-state index in [1.54, 1.807) is 43.9 Å². The molecule has 1 fully saturated rings. The molecule has 0 saturated carbocycles. The number of ether oxygens (including phenoxy) is 1. The Morgan fingerprint density at radius 3 is 2.83 bits per heavy atom. The molecule has 3 rings (SSSR count). The van der Waals surface area contributed by atoms with Crippen molar-refractivity contribution in [2.75, 3.05) is 31.1 Å². The number of hydrogen-bond donors (Lipinski definition) is 3. The Kier molecular flexibility index (Phi) is 6.42. The molecule has 3 amide bonds. The molecular formula is C21H30N4O4. The molecule has 0 radical (unpaired) electrons. The van der Waals surface area contributed by atoms with Crippen LogP contribution in [0, 0.1) is 0 Å². The monoisotopic (exact) mass is 402 g/mol. The zero-order valence-electron chi connectivity index (χ0n) is 17.3. The molecule has 1 saturated heterocycles. The molecule has 1 atom stereocenters. The molecule has 0 aromatic heterocycles. The average molecular weight is 402 g/mol. The summed E-state index contributed by atoms with van der Waals surface area (Å²) in [6.07, 6.45) is 2.37. The first-order valence-electron chi connectivity index (χ1n) is 10.2. The van der Waals surface area contributed by atoms with Crippen molar-refractivity contribution in [1.29, 1.82) is 0 Å². The molecule has 3 N–H and O–H groups in total. The zero-order valence-corrected chi connectivity index (χ0v) is 17.3. The van der Waals surface area contributed by atoms with Gasteiger partial charge >= 0.3 is 0 Å². The predicted molar refractivity (Wildman–Crippen MR) is 110 cm³/mol. The molecule has 2 heterocycles. The first-order chi connectivity index (χ1) is 13.8. The number of carbonyl (C=O) groups is 3. The van der Waals surface area contributed by atoms with Gasteiger partial charge in [-0.3, -0.25) is 14.4 Å². The number of piperidine rings is 1. The topological polar surface area (TPSA) is 99.8 Å². The molecule has 0 bridgehead atoms. The summed E-state index contributed by atoms with van der Waals surface area (Å²) in [5, 5.41) is 9.12. The van der Waals surface area contributed by atoms with Crippen LogP contribution in [0.15, 0.2) is 18.2 Å². The van der Waals surface area contributed by atoms with E-state index in [4.69, 9.17) is 4.74 Å². The Labute approximate surface area is 171 Å². The van der Waals surface area contributed by atoms with Crippen molar-refractivity contribution in [2.45, 2.75) is 51.7 Å². The van der Waals surface area contributed by atoms with Crippen molar-refractivity contribution in [3.05, 3.63) is 23.8 Å². The third-order valence-electron chi connectivity index (χ3n) is 5.25. The highest BCUT2D eigenvalue weighted by Gasteiger charge is 2.41. The molecule has 1 unspecified atom stereocenters. The van der Waals surface area contributed by atoms with E-state index >= 15 is 0 Å². The molecule has 1 aromatic rings. The normalized spacial score (nSPS) is 20.4. The Morgan fingerprint density at radius 1 is 1.34 bits per heavy atom. The van der Waals surface area contributed by atoms with E-state index in [1.807, 2.05) is 0 Å². The van der Waals surface area contributed by atoms with Crippen molar-refractivity contribution >= 4 is 23.4 Å². The molecule has 1 aromatic carbocycles. The fraction of sp³-hybridized carbons (Fsp3) is 0.571. The third-order valence-corrected chi connectivity index (χ3v) is 5.25. The van der Waals surface area contributed by atoms with Gasteiger partial charge in [-0.15, -0.1) is 0 Å². The van der Waals surface area contributed by atoms with Crippen LogP contribution in [0.25, 0.3) is 0 Å². The number of hydrogen-bond acceptors (Lipinski definition) is 5. The molecule has 8 nitrogen and oxygen atoms in total. The van der Waals surface area contributed by atoms with Crippen LogP contribution in [0.5, 0.6) is 5.75 Å². The first-order valence-corrected chi connectivity index (χ1v) is 10.2. The Bertz CT molecular complexity index is 787. The van der Waals surface area contributed by atoms with Gasteiger partial charge in [-0.25, -0.2) is 0 Å². The second kappa shape index (κ2) is 8.82. The Morgan fingerprint density at radius 2 is 2.14 bits per heavy atom. The molecule has 8 heteroatoms. The van der Waals surface area contributed by atoms with Crippen molar-refractivity contribution in [1.82, 2.24) is 16.0 Å². The van der Waals surface area contributed by atoms with Crippen molar-refractivity contribution < 1.29 is 19.1 Å². The van der Waals surface area contributed by atoms with Gasteiger partial charge in [-0.2, -0.15) is 0 Å². The summed E-state index contributed by atoms with van der Waals surface area (Å²) in [5.74, 6) is 0.106. The standard InChI is InChI=1S/C21H30N4O4/c1-4-18(26)23-10-11-25-16-12-14(19(27)24-15-6-5-9-22-13-15)7-8-17(16)29-21(2,3)20(25)28/h7-8,12,15,22H,4-6,9-11,13H2,1-3H3,(H,23,26)(H,24,27). The molecule has 29 heavy (non-hydrogen) atoms. The minimum atomic E-state index is -1.01. The Balaban J connectivity index is 1.79. The fourth-order valence-corrected chi connectivity index (χ4v) is 3.61. The van der Waals surface area contributed by atoms with Gasteiger partial charge in [0.05, 0.1) is 5.69 Å². The highest BCUT2D eigenvalue weighted by atomic mass is 16.5. The first kappa shape index (κ1) is 21.1. The maximum Gasteiger partial charge on any atom is 0.270 e. The third kappa shape index (κ3) is 4.87. The van der Waals surface area contributed by atoms with E-state index in [1.165, 1.54) is 0 Å². The lowest BCUT2D eigenvalue weighted by Crippen LogP contribution is -2.54. The van der Waals surface area contributed by atoms with E-state index in [0.717, 1.165) is 25.9 Å². The molecule has 0 aliphatic carbocycles. The van der Waals surface area contributed by atoms with E-state index < -0.39 is 5.60 Å². The van der Waals surface area contributed by atoms with Crippen molar-refractivity contribution in [3.8, 4) is 5.75 Å². The summed E-state index contributed by atoms with van der Waals surface area (Å²) < 4.78 is 5.87. The van der Waals surface area contributed by atoms with E-state index in [9.17, 15) is 14.4 Å². The quantitative estimate of drug-likeness (QED) is 0.664. The van der Waals surface area contributed by atoms with Crippen LogP contribution in [0.2, 0.25) is 0 Å². The number of nitrogens with one attached hydrogen (secondary N) is 3. The SMILES string of the molecule is CCC(=O)NCCN1C(=O)C(C)(C)Oc2ccc(C(=O)NC3CCCNC3)cc21. The number of fused-ring (bicyclic) bond motifs is 1. The lowest BCUT2D eigenvalue weighted by molar-refractivity contribution is -0.132. The van der Waals surface area contributed by atoms with Gasteiger partial charge < -0.3 is 25.6 Å². The summed E-state index contributed by atoms with van der Waals surface area (Å²) in [6.45, 7) is 7.58. The van der Waals surface area contributed by atoms with Crippen LogP contribution in [-0.2, 0) is 9.59 Å². The highest BCUT2D eigenvalue weighted by Crippen LogP contribution is 2.38. The summed E-state index contributed by atoms with van der Waals surface area (Å²) in [7, 11) is 0. The molecule has 158 valence electrons. The van der Waals surface area contributed by atoms with Crippen LogP contribution < -0.4 is 25.6 Å². The average Bonchev–Trinajstić information content (AvgIpc) is 2.71. The fourth-order valence-electron chi connectivity index (χ4n) is 3.61. The summed E-state index contributed by atoms with van der Waals surface area (Å²) in [5.41, 5.74) is 0.0155. The maximum absolute atomic E-state index is 12.9. The van der Waals surface area contributed by atoms with Crippen LogP contribution >= 0.6 is 0 Å². The maximum atomic E-state index is 12.9.